The van der Waals surface area contributed by atoms with Crippen LogP contribution in [0.15, 0.2) is 0 Å². The molecule has 1 atom stereocenters. The Morgan fingerprint density at radius 3 is 2.44 bits per heavy atom. The van der Waals surface area contributed by atoms with Crippen molar-refractivity contribution in [1.82, 2.24) is 5.32 Å². The standard InChI is InChI=1S/C14H27NO/c1-12(14-7-9-16-10-8-14)15-11-13-5-3-2-4-6-13/h12-15H,2-11H2,1H3. The highest BCUT2D eigenvalue weighted by molar-refractivity contribution is 4.77. The van der Waals surface area contributed by atoms with E-state index in [0.29, 0.717) is 6.04 Å². The SMILES string of the molecule is CC(NCC1CCCCC1)C1CCOCC1. The molecule has 0 amide bonds. The minimum atomic E-state index is 0.686. The Morgan fingerprint density at radius 1 is 1.06 bits per heavy atom. The molecule has 1 saturated carbocycles. The summed E-state index contributed by atoms with van der Waals surface area (Å²) in [6, 6.07) is 0.686. The second kappa shape index (κ2) is 6.61. The molecule has 1 saturated heterocycles. The predicted molar refractivity (Wildman–Crippen MR) is 67.6 cm³/mol. The highest BCUT2D eigenvalue weighted by Crippen LogP contribution is 2.24. The average molecular weight is 225 g/mol. The fraction of sp³-hybridized carbons (Fsp3) is 1.00. The van der Waals surface area contributed by atoms with E-state index in [0.717, 1.165) is 25.0 Å². The van der Waals surface area contributed by atoms with E-state index >= 15 is 0 Å². The molecule has 1 aliphatic heterocycles. The molecule has 2 rings (SSSR count). The van der Waals surface area contributed by atoms with Crippen LogP contribution in [0.2, 0.25) is 0 Å². The molecule has 0 bridgehead atoms. The average Bonchev–Trinajstić information content (AvgIpc) is 2.38. The minimum absolute atomic E-state index is 0.686. The van der Waals surface area contributed by atoms with Gasteiger partial charge >= 0.3 is 0 Å². The molecule has 2 nitrogen and oxygen atoms in total. The Labute approximate surface area is 100 Å². The first-order chi connectivity index (χ1) is 7.86. The number of nitrogens with one attached hydrogen (secondary N) is 1. The Hall–Kier alpha value is -0.0800. The van der Waals surface area contributed by atoms with Gasteiger partial charge in [-0.2, -0.15) is 0 Å². The number of hydrogen-bond acceptors (Lipinski definition) is 2. The molecule has 2 fully saturated rings. The van der Waals surface area contributed by atoms with Gasteiger partial charge < -0.3 is 10.1 Å². The molecule has 1 heterocycles. The lowest BCUT2D eigenvalue weighted by atomic mass is 9.88. The monoisotopic (exact) mass is 225 g/mol. The van der Waals surface area contributed by atoms with E-state index in [1.165, 1.54) is 51.5 Å². The van der Waals surface area contributed by atoms with Gasteiger partial charge in [0.2, 0.25) is 0 Å². The van der Waals surface area contributed by atoms with Crippen LogP contribution in [-0.4, -0.2) is 25.8 Å². The summed E-state index contributed by atoms with van der Waals surface area (Å²) in [5.74, 6) is 1.80. The van der Waals surface area contributed by atoms with Gasteiger partial charge in [0.1, 0.15) is 0 Å². The Morgan fingerprint density at radius 2 is 1.75 bits per heavy atom. The highest BCUT2D eigenvalue weighted by atomic mass is 16.5. The Bertz CT molecular complexity index is 183. The van der Waals surface area contributed by atoms with Gasteiger partial charge in [0.15, 0.2) is 0 Å². The zero-order valence-corrected chi connectivity index (χ0v) is 10.7. The van der Waals surface area contributed by atoms with Crippen molar-refractivity contribution in [3.8, 4) is 0 Å². The van der Waals surface area contributed by atoms with Crippen LogP contribution in [0, 0.1) is 11.8 Å². The van der Waals surface area contributed by atoms with Crippen molar-refractivity contribution in [1.29, 1.82) is 0 Å². The van der Waals surface area contributed by atoms with Gasteiger partial charge in [-0.1, -0.05) is 19.3 Å². The van der Waals surface area contributed by atoms with Crippen LogP contribution >= 0.6 is 0 Å². The maximum atomic E-state index is 5.42. The topological polar surface area (TPSA) is 21.3 Å². The molecular formula is C14H27NO. The smallest absolute Gasteiger partial charge is 0.0469 e. The molecule has 2 heteroatoms. The van der Waals surface area contributed by atoms with Gasteiger partial charge in [-0.15, -0.1) is 0 Å². The van der Waals surface area contributed by atoms with E-state index in [-0.39, 0.29) is 0 Å². The molecule has 16 heavy (non-hydrogen) atoms. The predicted octanol–water partition coefficient (Wildman–Crippen LogP) is 2.97. The number of hydrogen-bond donors (Lipinski definition) is 1. The molecule has 0 aromatic heterocycles. The van der Waals surface area contributed by atoms with Gasteiger partial charge in [0, 0.05) is 19.3 Å². The summed E-state index contributed by atoms with van der Waals surface area (Å²) in [6.45, 7) is 5.55. The lowest BCUT2D eigenvalue weighted by Crippen LogP contribution is -2.39. The molecule has 0 aromatic rings. The van der Waals surface area contributed by atoms with E-state index in [1.807, 2.05) is 0 Å². The zero-order chi connectivity index (χ0) is 11.2. The third-order valence-electron chi connectivity index (χ3n) is 4.43. The van der Waals surface area contributed by atoms with Crippen molar-refractivity contribution in [2.24, 2.45) is 11.8 Å². The maximum Gasteiger partial charge on any atom is 0.0469 e. The van der Waals surface area contributed by atoms with Gasteiger partial charge in [-0.3, -0.25) is 0 Å². The largest absolute Gasteiger partial charge is 0.381 e. The van der Waals surface area contributed by atoms with Crippen LogP contribution in [-0.2, 0) is 4.74 Å². The Balaban J connectivity index is 1.63. The van der Waals surface area contributed by atoms with Crippen molar-refractivity contribution in [3.05, 3.63) is 0 Å². The molecule has 1 N–H and O–H groups in total. The zero-order valence-electron chi connectivity index (χ0n) is 10.7. The van der Waals surface area contributed by atoms with Gasteiger partial charge in [-0.05, 0) is 51.0 Å². The van der Waals surface area contributed by atoms with Crippen molar-refractivity contribution in [2.45, 2.75) is 57.9 Å². The summed E-state index contributed by atoms with van der Waals surface area (Å²) in [5.41, 5.74) is 0. The van der Waals surface area contributed by atoms with E-state index in [4.69, 9.17) is 4.74 Å². The lowest BCUT2D eigenvalue weighted by Gasteiger charge is -2.30. The second-order valence-electron chi connectivity index (χ2n) is 5.65. The van der Waals surface area contributed by atoms with Crippen LogP contribution in [0.5, 0.6) is 0 Å². The lowest BCUT2D eigenvalue weighted by molar-refractivity contribution is 0.0552. The van der Waals surface area contributed by atoms with E-state index in [1.54, 1.807) is 0 Å². The highest BCUT2D eigenvalue weighted by Gasteiger charge is 2.21. The van der Waals surface area contributed by atoms with Crippen LogP contribution in [0.3, 0.4) is 0 Å². The fourth-order valence-corrected chi connectivity index (χ4v) is 3.13. The van der Waals surface area contributed by atoms with Crippen molar-refractivity contribution in [3.63, 3.8) is 0 Å². The van der Waals surface area contributed by atoms with Gasteiger partial charge in [0.05, 0.1) is 0 Å². The van der Waals surface area contributed by atoms with Gasteiger partial charge in [-0.25, -0.2) is 0 Å². The summed E-state index contributed by atoms with van der Waals surface area (Å²) in [5, 5.41) is 3.77. The normalized spacial score (nSPS) is 26.8. The molecule has 0 radical (unpaired) electrons. The molecule has 94 valence electrons. The van der Waals surface area contributed by atoms with E-state index in [2.05, 4.69) is 12.2 Å². The second-order valence-corrected chi connectivity index (χ2v) is 5.65. The summed E-state index contributed by atoms with van der Waals surface area (Å²) in [7, 11) is 0. The Kier molecular flexibility index (Phi) is 5.11. The third-order valence-corrected chi connectivity index (χ3v) is 4.43. The van der Waals surface area contributed by atoms with Gasteiger partial charge in [0.25, 0.3) is 0 Å². The van der Waals surface area contributed by atoms with E-state index in [9.17, 15) is 0 Å². The van der Waals surface area contributed by atoms with Crippen molar-refractivity contribution < 1.29 is 4.74 Å². The van der Waals surface area contributed by atoms with Crippen LogP contribution in [0.25, 0.3) is 0 Å². The first-order valence-electron chi connectivity index (χ1n) is 7.17. The minimum Gasteiger partial charge on any atom is -0.381 e. The first kappa shape index (κ1) is 12.4. The molecule has 1 unspecified atom stereocenters. The molecule has 1 aliphatic carbocycles. The van der Waals surface area contributed by atoms with Crippen molar-refractivity contribution in [2.75, 3.05) is 19.8 Å². The summed E-state index contributed by atoms with van der Waals surface area (Å²) >= 11 is 0. The molecule has 0 aromatic carbocycles. The molecular weight excluding hydrogens is 198 g/mol. The first-order valence-corrected chi connectivity index (χ1v) is 7.17. The van der Waals surface area contributed by atoms with Crippen LogP contribution in [0.1, 0.15) is 51.9 Å². The maximum absolute atomic E-state index is 5.42. The molecule has 0 spiro atoms. The molecule has 2 aliphatic rings. The van der Waals surface area contributed by atoms with Crippen molar-refractivity contribution >= 4 is 0 Å². The summed E-state index contributed by atoms with van der Waals surface area (Å²) in [6.07, 6.45) is 9.78. The summed E-state index contributed by atoms with van der Waals surface area (Å²) < 4.78 is 5.42. The fourth-order valence-electron chi connectivity index (χ4n) is 3.13. The quantitative estimate of drug-likeness (QED) is 0.794. The number of ether oxygens (including phenoxy) is 1. The van der Waals surface area contributed by atoms with E-state index < -0.39 is 0 Å². The van der Waals surface area contributed by atoms with Crippen LogP contribution in [0.4, 0.5) is 0 Å². The third kappa shape index (κ3) is 3.74. The van der Waals surface area contributed by atoms with Crippen LogP contribution < -0.4 is 5.32 Å². The summed E-state index contributed by atoms with van der Waals surface area (Å²) in [4.78, 5) is 0. The number of rotatable bonds is 4.